The van der Waals surface area contributed by atoms with Crippen LogP contribution in [0.5, 0.6) is 0 Å². The summed E-state index contributed by atoms with van der Waals surface area (Å²) in [6.07, 6.45) is 10.2. The molecule has 2 aliphatic carbocycles. The predicted octanol–water partition coefficient (Wildman–Crippen LogP) is 4.82. The maximum atomic E-state index is 12.0. The minimum atomic E-state index is -0.457. The van der Waals surface area contributed by atoms with Crippen molar-refractivity contribution in [3.05, 3.63) is 16.8 Å². The summed E-state index contributed by atoms with van der Waals surface area (Å²) in [5.41, 5.74) is 1.01. The van der Waals surface area contributed by atoms with Gasteiger partial charge in [-0.1, -0.05) is 0 Å². The Morgan fingerprint density at radius 2 is 1.82 bits per heavy atom. The van der Waals surface area contributed by atoms with Gasteiger partial charge in [0, 0.05) is 17.0 Å². The molecule has 2 N–H and O–H groups in total. The van der Waals surface area contributed by atoms with E-state index < -0.39 is 5.60 Å². The van der Waals surface area contributed by atoms with E-state index in [0.717, 1.165) is 42.8 Å². The van der Waals surface area contributed by atoms with E-state index in [1.807, 2.05) is 32.1 Å². The molecule has 0 saturated heterocycles. The van der Waals surface area contributed by atoms with Gasteiger partial charge in [0.05, 0.1) is 5.39 Å². The van der Waals surface area contributed by atoms with Crippen LogP contribution in [-0.4, -0.2) is 33.7 Å². The number of nitrogens with one attached hydrogen (secondary N) is 2. The van der Waals surface area contributed by atoms with Crippen LogP contribution >= 0.6 is 11.3 Å². The van der Waals surface area contributed by atoms with Gasteiger partial charge in [0.2, 0.25) is 0 Å². The molecule has 28 heavy (non-hydrogen) atoms. The highest BCUT2D eigenvalue weighted by atomic mass is 32.1. The van der Waals surface area contributed by atoms with Gasteiger partial charge >= 0.3 is 6.09 Å². The van der Waals surface area contributed by atoms with E-state index in [4.69, 9.17) is 4.74 Å². The molecule has 0 aliphatic heterocycles. The van der Waals surface area contributed by atoms with Gasteiger partial charge in [0.25, 0.3) is 0 Å². The van der Waals surface area contributed by atoms with E-state index >= 15 is 0 Å². The lowest BCUT2D eigenvalue weighted by molar-refractivity contribution is 0.0492. The van der Waals surface area contributed by atoms with Crippen LogP contribution in [-0.2, 0) is 17.6 Å². The second-order valence-electron chi connectivity index (χ2n) is 8.95. The van der Waals surface area contributed by atoms with Crippen molar-refractivity contribution in [1.82, 2.24) is 15.3 Å². The summed E-state index contributed by atoms with van der Waals surface area (Å²) in [5.74, 6) is 0.993. The molecule has 7 heteroatoms. The topological polar surface area (TPSA) is 76.1 Å². The van der Waals surface area contributed by atoms with Crippen molar-refractivity contribution < 1.29 is 9.53 Å². The second-order valence-corrected chi connectivity index (χ2v) is 10.0. The molecular weight excluding hydrogens is 372 g/mol. The quantitative estimate of drug-likeness (QED) is 0.770. The lowest BCUT2D eigenvalue weighted by Gasteiger charge is -2.31. The standard InChI is InChI=1S/C21H30N4O2S/c1-21(2,3)27-20(26)25-14-10-8-13(9-11-14)24-18-17-15-6-4-5-7-16(15)28-19(17)23-12-22-18/h12-14H,4-11H2,1-3H3,(H,25,26)(H,22,23,24)/t13-,14-. The molecule has 152 valence electrons. The summed E-state index contributed by atoms with van der Waals surface area (Å²) in [5, 5.41) is 7.94. The fraction of sp³-hybridized carbons (Fsp3) is 0.667. The second kappa shape index (κ2) is 7.85. The van der Waals surface area contributed by atoms with Crippen molar-refractivity contribution in [2.75, 3.05) is 5.32 Å². The van der Waals surface area contributed by atoms with Gasteiger partial charge in [0.15, 0.2) is 0 Å². The van der Waals surface area contributed by atoms with Crippen molar-refractivity contribution in [2.45, 2.75) is 89.8 Å². The number of thiophene rings is 1. The molecule has 1 saturated carbocycles. The number of carbonyl (C=O) groups excluding carboxylic acids is 1. The SMILES string of the molecule is CC(C)(C)OC(=O)N[C@H]1CC[C@H](Nc2ncnc3sc4c(c23)CCCC4)CC1. The molecule has 0 radical (unpaired) electrons. The van der Waals surface area contributed by atoms with E-state index in [9.17, 15) is 4.79 Å². The van der Waals surface area contributed by atoms with Gasteiger partial charge in [-0.05, 0) is 77.7 Å². The summed E-state index contributed by atoms with van der Waals surface area (Å²) >= 11 is 1.84. The largest absolute Gasteiger partial charge is 0.444 e. The van der Waals surface area contributed by atoms with Crippen LogP contribution in [0, 0.1) is 0 Å². The van der Waals surface area contributed by atoms with Crippen LogP contribution in [0.1, 0.15) is 69.7 Å². The molecule has 0 atom stereocenters. The number of amides is 1. The first-order chi connectivity index (χ1) is 13.4. The normalized spacial score (nSPS) is 22.5. The number of fused-ring (bicyclic) bond motifs is 3. The van der Waals surface area contributed by atoms with Crippen LogP contribution in [0.25, 0.3) is 10.2 Å². The van der Waals surface area contributed by atoms with Gasteiger partial charge in [-0.25, -0.2) is 14.8 Å². The number of nitrogens with zero attached hydrogens (tertiary/aromatic N) is 2. The molecule has 6 nitrogen and oxygen atoms in total. The third-order valence-corrected chi connectivity index (χ3v) is 6.74. The summed E-state index contributed by atoms with van der Waals surface area (Å²) in [6, 6.07) is 0.571. The monoisotopic (exact) mass is 402 g/mol. The van der Waals surface area contributed by atoms with E-state index in [1.54, 1.807) is 6.33 Å². The number of hydrogen-bond acceptors (Lipinski definition) is 6. The summed E-state index contributed by atoms with van der Waals surface area (Å²) in [4.78, 5) is 23.7. The molecule has 0 bridgehead atoms. The highest BCUT2D eigenvalue weighted by Gasteiger charge is 2.26. The average molecular weight is 403 g/mol. The Kier molecular flexibility index (Phi) is 5.45. The van der Waals surface area contributed by atoms with Crippen molar-refractivity contribution in [2.24, 2.45) is 0 Å². The van der Waals surface area contributed by atoms with Crippen LogP contribution in [0.15, 0.2) is 6.33 Å². The zero-order chi connectivity index (χ0) is 19.7. The Labute approximate surface area is 170 Å². The molecule has 2 aromatic heterocycles. The van der Waals surface area contributed by atoms with Gasteiger partial charge in [-0.15, -0.1) is 11.3 Å². The number of rotatable bonds is 3. The Hall–Kier alpha value is -1.89. The molecule has 0 spiro atoms. The van der Waals surface area contributed by atoms with E-state index in [0.29, 0.717) is 6.04 Å². The third kappa shape index (κ3) is 4.40. The van der Waals surface area contributed by atoms with Gasteiger partial charge in [-0.2, -0.15) is 0 Å². The molecule has 1 fully saturated rings. The molecule has 4 rings (SSSR count). The number of aryl methyl sites for hydroxylation is 2. The summed E-state index contributed by atoms with van der Waals surface area (Å²) in [6.45, 7) is 5.66. The van der Waals surface area contributed by atoms with E-state index in [2.05, 4.69) is 20.6 Å². The Balaban J connectivity index is 1.38. The Morgan fingerprint density at radius 3 is 2.57 bits per heavy atom. The summed E-state index contributed by atoms with van der Waals surface area (Å²) in [7, 11) is 0. The van der Waals surface area contributed by atoms with Crippen molar-refractivity contribution >= 4 is 33.5 Å². The van der Waals surface area contributed by atoms with Crippen molar-refractivity contribution in [3.8, 4) is 0 Å². The van der Waals surface area contributed by atoms with Gasteiger partial charge in [-0.3, -0.25) is 0 Å². The van der Waals surface area contributed by atoms with Crippen molar-refractivity contribution in [3.63, 3.8) is 0 Å². The van der Waals surface area contributed by atoms with E-state index in [-0.39, 0.29) is 12.1 Å². The van der Waals surface area contributed by atoms with Crippen LogP contribution in [0.2, 0.25) is 0 Å². The summed E-state index contributed by atoms with van der Waals surface area (Å²) < 4.78 is 5.37. The lowest BCUT2D eigenvalue weighted by Crippen LogP contribution is -2.42. The van der Waals surface area contributed by atoms with Crippen molar-refractivity contribution in [1.29, 1.82) is 0 Å². The molecule has 1 amide bonds. The molecule has 2 aliphatic rings. The van der Waals surface area contributed by atoms with E-state index in [1.165, 1.54) is 35.1 Å². The molecule has 2 heterocycles. The predicted molar refractivity (Wildman–Crippen MR) is 113 cm³/mol. The number of ether oxygens (including phenoxy) is 1. The molecule has 2 aromatic rings. The number of hydrogen-bond donors (Lipinski definition) is 2. The highest BCUT2D eigenvalue weighted by Crippen LogP contribution is 2.38. The molecule has 0 unspecified atom stereocenters. The first-order valence-corrected chi connectivity index (χ1v) is 11.2. The zero-order valence-electron chi connectivity index (χ0n) is 17.0. The average Bonchev–Trinajstić information content (AvgIpc) is 3.01. The molecule has 0 aromatic carbocycles. The van der Waals surface area contributed by atoms with Crippen LogP contribution in [0.4, 0.5) is 10.6 Å². The lowest BCUT2D eigenvalue weighted by atomic mass is 9.91. The van der Waals surface area contributed by atoms with Gasteiger partial charge in [0.1, 0.15) is 22.6 Å². The molecular formula is C21H30N4O2S. The Bertz CT molecular complexity index is 850. The number of carbonyl (C=O) groups is 1. The fourth-order valence-corrected chi connectivity index (χ4v) is 5.48. The fourth-order valence-electron chi connectivity index (χ4n) is 4.25. The smallest absolute Gasteiger partial charge is 0.407 e. The third-order valence-electron chi connectivity index (χ3n) is 5.54. The number of alkyl carbamates (subject to hydrolysis) is 1. The first-order valence-electron chi connectivity index (χ1n) is 10.4. The number of aromatic nitrogens is 2. The Morgan fingerprint density at radius 1 is 1.11 bits per heavy atom. The van der Waals surface area contributed by atoms with Crippen LogP contribution in [0.3, 0.4) is 0 Å². The minimum absolute atomic E-state index is 0.187. The maximum Gasteiger partial charge on any atom is 0.407 e. The van der Waals surface area contributed by atoms with Crippen LogP contribution < -0.4 is 10.6 Å². The highest BCUT2D eigenvalue weighted by molar-refractivity contribution is 7.19. The first kappa shape index (κ1) is 19.4. The zero-order valence-corrected chi connectivity index (χ0v) is 17.8. The minimum Gasteiger partial charge on any atom is -0.444 e. The van der Waals surface area contributed by atoms with Gasteiger partial charge < -0.3 is 15.4 Å². The maximum absolute atomic E-state index is 12.0. The number of anilines is 1.